The standard InChI is InChI=1S/C11H7F2NOS/c12-7-1-2-8(9(13)5-7)10(15)6-11-14-3-4-16-11/h1-5H,6H2. The Hall–Kier alpha value is -1.62. The van der Waals surface area contributed by atoms with Gasteiger partial charge in [0.1, 0.15) is 16.6 Å². The van der Waals surface area contributed by atoms with Crippen molar-refractivity contribution in [1.82, 2.24) is 4.98 Å². The van der Waals surface area contributed by atoms with Crippen LogP contribution in [-0.4, -0.2) is 10.8 Å². The molecule has 2 rings (SSSR count). The summed E-state index contributed by atoms with van der Waals surface area (Å²) in [6.45, 7) is 0. The second-order valence-electron chi connectivity index (χ2n) is 3.15. The maximum absolute atomic E-state index is 13.3. The number of hydrogen-bond acceptors (Lipinski definition) is 3. The molecule has 0 N–H and O–H groups in total. The number of Topliss-reactive ketones (excluding diaryl/α,β-unsaturated/α-hetero) is 1. The van der Waals surface area contributed by atoms with Crippen LogP contribution in [0.3, 0.4) is 0 Å². The van der Waals surface area contributed by atoms with Gasteiger partial charge in [0.25, 0.3) is 0 Å². The van der Waals surface area contributed by atoms with Crippen LogP contribution in [0.1, 0.15) is 15.4 Å². The van der Waals surface area contributed by atoms with Crippen LogP contribution in [0.25, 0.3) is 0 Å². The topological polar surface area (TPSA) is 30.0 Å². The smallest absolute Gasteiger partial charge is 0.172 e. The lowest BCUT2D eigenvalue weighted by molar-refractivity contribution is 0.0989. The van der Waals surface area contributed by atoms with Crippen LogP contribution in [0, 0.1) is 11.6 Å². The summed E-state index contributed by atoms with van der Waals surface area (Å²) in [7, 11) is 0. The van der Waals surface area contributed by atoms with Crippen LogP contribution in [0.15, 0.2) is 29.8 Å². The minimum Gasteiger partial charge on any atom is -0.294 e. The van der Waals surface area contributed by atoms with Gasteiger partial charge in [-0.25, -0.2) is 13.8 Å². The summed E-state index contributed by atoms with van der Waals surface area (Å²) in [6.07, 6.45) is 1.62. The van der Waals surface area contributed by atoms with Crippen LogP contribution >= 0.6 is 11.3 Å². The molecule has 0 bridgehead atoms. The molecule has 2 nitrogen and oxygen atoms in total. The van der Waals surface area contributed by atoms with E-state index in [0.29, 0.717) is 11.1 Å². The van der Waals surface area contributed by atoms with Crippen molar-refractivity contribution < 1.29 is 13.6 Å². The fraction of sp³-hybridized carbons (Fsp3) is 0.0909. The maximum atomic E-state index is 13.3. The average Bonchev–Trinajstić information content (AvgIpc) is 2.70. The predicted octanol–water partition coefficient (Wildman–Crippen LogP) is 2.85. The minimum atomic E-state index is -0.832. The lowest BCUT2D eigenvalue weighted by Crippen LogP contribution is -2.06. The number of aromatic nitrogens is 1. The van der Waals surface area contributed by atoms with Gasteiger partial charge < -0.3 is 0 Å². The van der Waals surface area contributed by atoms with E-state index in [1.54, 1.807) is 11.6 Å². The van der Waals surface area contributed by atoms with Crippen molar-refractivity contribution >= 4 is 17.1 Å². The normalized spacial score (nSPS) is 10.4. The first-order valence-corrected chi connectivity index (χ1v) is 5.41. The highest BCUT2D eigenvalue weighted by Crippen LogP contribution is 2.14. The van der Waals surface area contributed by atoms with Gasteiger partial charge in [0.2, 0.25) is 0 Å². The van der Waals surface area contributed by atoms with E-state index in [2.05, 4.69) is 4.98 Å². The monoisotopic (exact) mass is 239 g/mol. The lowest BCUT2D eigenvalue weighted by atomic mass is 10.1. The molecule has 1 heterocycles. The van der Waals surface area contributed by atoms with Crippen LogP contribution in [0.2, 0.25) is 0 Å². The third kappa shape index (κ3) is 2.30. The van der Waals surface area contributed by atoms with Crippen molar-refractivity contribution in [3.05, 3.63) is 52.0 Å². The van der Waals surface area contributed by atoms with E-state index in [0.717, 1.165) is 12.1 Å². The summed E-state index contributed by atoms with van der Waals surface area (Å²) in [5.74, 6) is -1.92. The molecular formula is C11H7F2NOS. The van der Waals surface area contributed by atoms with Crippen LogP contribution in [-0.2, 0) is 6.42 Å². The zero-order chi connectivity index (χ0) is 11.5. The predicted molar refractivity (Wildman–Crippen MR) is 56.5 cm³/mol. The Kier molecular flexibility index (Phi) is 3.05. The summed E-state index contributed by atoms with van der Waals surface area (Å²) < 4.78 is 25.9. The SMILES string of the molecule is O=C(Cc1nccs1)c1ccc(F)cc1F. The van der Waals surface area contributed by atoms with Crippen molar-refractivity contribution in [2.45, 2.75) is 6.42 Å². The Balaban J connectivity index is 2.21. The van der Waals surface area contributed by atoms with Crippen LogP contribution in [0.4, 0.5) is 8.78 Å². The van der Waals surface area contributed by atoms with Gasteiger partial charge in [0, 0.05) is 17.6 Å². The van der Waals surface area contributed by atoms with Gasteiger partial charge in [0.05, 0.1) is 12.0 Å². The number of thiazole rings is 1. The molecular weight excluding hydrogens is 232 g/mol. The van der Waals surface area contributed by atoms with E-state index < -0.39 is 17.4 Å². The number of rotatable bonds is 3. The Bertz CT molecular complexity index is 511. The Labute approximate surface area is 94.6 Å². The summed E-state index contributed by atoms with van der Waals surface area (Å²) in [5, 5.41) is 2.36. The zero-order valence-electron chi connectivity index (χ0n) is 8.11. The molecule has 0 saturated heterocycles. The minimum absolute atomic E-state index is 0.0419. The first kappa shape index (κ1) is 10.9. The Morgan fingerprint density at radius 1 is 1.38 bits per heavy atom. The second-order valence-corrected chi connectivity index (χ2v) is 4.13. The quantitative estimate of drug-likeness (QED) is 0.771. The van der Waals surface area contributed by atoms with Crippen LogP contribution < -0.4 is 0 Å². The number of benzene rings is 1. The van der Waals surface area contributed by atoms with Crippen molar-refractivity contribution in [2.75, 3.05) is 0 Å². The van der Waals surface area contributed by atoms with Gasteiger partial charge in [-0.05, 0) is 12.1 Å². The van der Waals surface area contributed by atoms with Crippen molar-refractivity contribution in [3.63, 3.8) is 0 Å². The van der Waals surface area contributed by atoms with E-state index in [4.69, 9.17) is 0 Å². The maximum Gasteiger partial charge on any atom is 0.172 e. The van der Waals surface area contributed by atoms with Gasteiger partial charge in [-0.2, -0.15) is 0 Å². The Morgan fingerprint density at radius 3 is 2.81 bits per heavy atom. The highest BCUT2D eigenvalue weighted by Gasteiger charge is 2.13. The summed E-state index contributed by atoms with van der Waals surface area (Å²) >= 11 is 1.33. The number of ketones is 1. The van der Waals surface area contributed by atoms with Crippen molar-refractivity contribution in [2.24, 2.45) is 0 Å². The molecule has 0 aliphatic rings. The fourth-order valence-corrected chi connectivity index (χ4v) is 1.90. The number of nitrogens with zero attached hydrogens (tertiary/aromatic N) is 1. The van der Waals surface area contributed by atoms with Crippen LogP contribution in [0.5, 0.6) is 0 Å². The summed E-state index contributed by atoms with van der Waals surface area (Å²) in [4.78, 5) is 15.6. The van der Waals surface area contributed by atoms with Gasteiger partial charge in [0.15, 0.2) is 5.78 Å². The molecule has 0 saturated carbocycles. The highest BCUT2D eigenvalue weighted by atomic mass is 32.1. The molecule has 1 aromatic heterocycles. The van der Waals surface area contributed by atoms with Gasteiger partial charge in [-0.15, -0.1) is 11.3 Å². The molecule has 0 spiro atoms. The van der Waals surface area contributed by atoms with Crippen molar-refractivity contribution in [3.8, 4) is 0 Å². The zero-order valence-corrected chi connectivity index (χ0v) is 8.93. The molecule has 0 aliphatic carbocycles. The molecule has 1 aromatic carbocycles. The van der Waals surface area contributed by atoms with E-state index >= 15 is 0 Å². The van der Waals surface area contributed by atoms with Gasteiger partial charge in [-0.3, -0.25) is 4.79 Å². The molecule has 2 aromatic rings. The molecule has 0 atom stereocenters. The van der Waals surface area contributed by atoms with E-state index in [1.807, 2.05) is 0 Å². The largest absolute Gasteiger partial charge is 0.294 e. The highest BCUT2D eigenvalue weighted by molar-refractivity contribution is 7.09. The molecule has 16 heavy (non-hydrogen) atoms. The third-order valence-electron chi connectivity index (χ3n) is 2.03. The van der Waals surface area contributed by atoms with Gasteiger partial charge >= 0.3 is 0 Å². The number of carbonyl (C=O) groups is 1. The van der Waals surface area contributed by atoms with Crippen molar-refractivity contribution in [1.29, 1.82) is 0 Å². The molecule has 0 fully saturated rings. The lowest BCUT2D eigenvalue weighted by Gasteiger charge is -2.00. The van der Waals surface area contributed by atoms with Gasteiger partial charge in [-0.1, -0.05) is 0 Å². The molecule has 0 amide bonds. The average molecular weight is 239 g/mol. The number of halogens is 2. The summed E-state index contributed by atoms with van der Waals surface area (Å²) in [5.41, 5.74) is -0.100. The fourth-order valence-electron chi connectivity index (χ4n) is 1.29. The summed E-state index contributed by atoms with van der Waals surface area (Å²) in [6, 6.07) is 2.92. The number of hydrogen-bond donors (Lipinski definition) is 0. The molecule has 0 unspecified atom stereocenters. The third-order valence-corrected chi connectivity index (χ3v) is 2.81. The van der Waals surface area contributed by atoms with E-state index in [-0.39, 0.29) is 12.0 Å². The number of carbonyl (C=O) groups excluding carboxylic acids is 1. The first-order valence-electron chi connectivity index (χ1n) is 4.53. The van der Waals surface area contributed by atoms with E-state index in [9.17, 15) is 13.6 Å². The molecule has 0 radical (unpaired) electrons. The molecule has 82 valence electrons. The molecule has 5 heteroatoms. The molecule has 0 aliphatic heterocycles. The van der Waals surface area contributed by atoms with E-state index in [1.165, 1.54) is 11.3 Å². The Morgan fingerprint density at radius 2 is 2.19 bits per heavy atom. The first-order chi connectivity index (χ1) is 7.66. The second kappa shape index (κ2) is 4.49.